The van der Waals surface area contributed by atoms with Crippen molar-refractivity contribution in [3.05, 3.63) is 29.8 Å². The molecular formula is C16H16N4O3. The highest BCUT2D eigenvalue weighted by Crippen LogP contribution is 2.42. The van der Waals surface area contributed by atoms with E-state index in [0.717, 1.165) is 17.7 Å². The Morgan fingerprint density at radius 3 is 2.61 bits per heavy atom. The smallest absolute Gasteiger partial charge is 0.325 e. The maximum absolute atomic E-state index is 12.4. The summed E-state index contributed by atoms with van der Waals surface area (Å²) in [6, 6.07) is 7.80. The van der Waals surface area contributed by atoms with Gasteiger partial charge in [0, 0.05) is 5.69 Å². The molecule has 1 unspecified atom stereocenters. The van der Waals surface area contributed by atoms with Gasteiger partial charge in [-0.05, 0) is 49.9 Å². The van der Waals surface area contributed by atoms with Gasteiger partial charge in [-0.3, -0.25) is 14.5 Å². The molecule has 2 fully saturated rings. The van der Waals surface area contributed by atoms with Crippen LogP contribution in [0.3, 0.4) is 0 Å². The van der Waals surface area contributed by atoms with E-state index in [4.69, 9.17) is 5.26 Å². The monoisotopic (exact) mass is 312 g/mol. The van der Waals surface area contributed by atoms with Crippen molar-refractivity contribution in [2.24, 2.45) is 5.92 Å². The molecule has 0 bridgehead atoms. The van der Waals surface area contributed by atoms with Crippen LogP contribution in [0.4, 0.5) is 10.5 Å². The maximum Gasteiger partial charge on any atom is 0.325 e. The first-order valence-electron chi connectivity index (χ1n) is 7.38. The van der Waals surface area contributed by atoms with Crippen molar-refractivity contribution in [3.63, 3.8) is 0 Å². The molecule has 0 aromatic heterocycles. The fraction of sp³-hybridized carbons (Fsp3) is 0.375. The molecule has 2 N–H and O–H groups in total. The summed E-state index contributed by atoms with van der Waals surface area (Å²) in [6.07, 6.45) is 1.82. The molecule has 0 spiro atoms. The number of anilines is 1. The van der Waals surface area contributed by atoms with Gasteiger partial charge in [-0.15, -0.1) is 0 Å². The molecule has 0 radical (unpaired) electrons. The quantitative estimate of drug-likeness (QED) is 0.816. The number of amides is 4. The predicted molar refractivity (Wildman–Crippen MR) is 81.2 cm³/mol. The SMILES string of the molecule is CC1(C2CC2)NC(=O)N(CC(=O)Nc2ccc(C#N)cc2)C1=O. The number of urea groups is 1. The molecular weight excluding hydrogens is 296 g/mol. The second kappa shape index (κ2) is 5.39. The van der Waals surface area contributed by atoms with E-state index in [2.05, 4.69) is 10.6 Å². The molecule has 1 aromatic rings. The molecule has 1 aliphatic heterocycles. The van der Waals surface area contributed by atoms with Crippen molar-refractivity contribution >= 4 is 23.5 Å². The summed E-state index contributed by atoms with van der Waals surface area (Å²) in [5.74, 6) is -0.649. The van der Waals surface area contributed by atoms with Crippen LogP contribution in [0.25, 0.3) is 0 Å². The summed E-state index contributed by atoms with van der Waals surface area (Å²) in [4.78, 5) is 37.4. The Balaban J connectivity index is 1.64. The Bertz CT molecular complexity index is 718. The second-order valence-corrected chi connectivity index (χ2v) is 6.04. The van der Waals surface area contributed by atoms with Gasteiger partial charge in [0.1, 0.15) is 12.1 Å². The van der Waals surface area contributed by atoms with E-state index in [1.807, 2.05) is 6.07 Å². The summed E-state index contributed by atoms with van der Waals surface area (Å²) < 4.78 is 0. The predicted octanol–water partition coefficient (Wildman–Crippen LogP) is 1.22. The topological polar surface area (TPSA) is 102 Å². The van der Waals surface area contributed by atoms with Gasteiger partial charge in [0.25, 0.3) is 5.91 Å². The number of benzene rings is 1. The maximum atomic E-state index is 12.4. The van der Waals surface area contributed by atoms with E-state index in [-0.39, 0.29) is 18.4 Å². The normalized spacial score (nSPS) is 23.4. The fourth-order valence-electron chi connectivity index (χ4n) is 2.77. The number of hydrogen-bond acceptors (Lipinski definition) is 4. The van der Waals surface area contributed by atoms with E-state index in [1.54, 1.807) is 31.2 Å². The molecule has 7 nitrogen and oxygen atoms in total. The lowest BCUT2D eigenvalue weighted by Crippen LogP contribution is -2.46. The van der Waals surface area contributed by atoms with Gasteiger partial charge in [-0.1, -0.05) is 0 Å². The van der Waals surface area contributed by atoms with Gasteiger partial charge in [0.15, 0.2) is 0 Å². The molecule has 23 heavy (non-hydrogen) atoms. The van der Waals surface area contributed by atoms with E-state index in [1.165, 1.54) is 0 Å². The molecule has 1 saturated heterocycles. The minimum Gasteiger partial charge on any atom is -0.325 e. The Labute approximate surface area is 133 Å². The summed E-state index contributed by atoms with van der Waals surface area (Å²) >= 11 is 0. The average molecular weight is 312 g/mol. The summed E-state index contributed by atoms with van der Waals surface area (Å²) in [7, 11) is 0. The van der Waals surface area contributed by atoms with Gasteiger partial charge < -0.3 is 10.6 Å². The van der Waals surface area contributed by atoms with Crippen molar-refractivity contribution in [2.45, 2.75) is 25.3 Å². The highest BCUT2D eigenvalue weighted by molar-refractivity contribution is 6.10. The summed E-state index contributed by atoms with van der Waals surface area (Å²) in [6.45, 7) is 1.39. The van der Waals surface area contributed by atoms with Gasteiger partial charge in [-0.2, -0.15) is 5.26 Å². The van der Waals surface area contributed by atoms with Crippen molar-refractivity contribution in [3.8, 4) is 6.07 Å². The van der Waals surface area contributed by atoms with Crippen molar-refractivity contribution in [1.82, 2.24) is 10.2 Å². The number of hydrogen-bond donors (Lipinski definition) is 2. The van der Waals surface area contributed by atoms with E-state index < -0.39 is 17.5 Å². The van der Waals surface area contributed by atoms with Crippen LogP contribution in [-0.2, 0) is 9.59 Å². The third-order valence-corrected chi connectivity index (χ3v) is 4.29. The van der Waals surface area contributed by atoms with E-state index in [9.17, 15) is 14.4 Å². The van der Waals surface area contributed by atoms with Gasteiger partial charge in [0.2, 0.25) is 5.91 Å². The Morgan fingerprint density at radius 2 is 2.04 bits per heavy atom. The van der Waals surface area contributed by atoms with Crippen LogP contribution in [-0.4, -0.2) is 34.8 Å². The zero-order valence-corrected chi connectivity index (χ0v) is 12.6. The average Bonchev–Trinajstić information content (AvgIpc) is 3.34. The first-order valence-corrected chi connectivity index (χ1v) is 7.38. The molecule has 118 valence electrons. The molecule has 4 amide bonds. The van der Waals surface area contributed by atoms with Gasteiger partial charge in [0.05, 0.1) is 11.6 Å². The number of imide groups is 1. The minimum atomic E-state index is -0.883. The van der Waals surface area contributed by atoms with Crippen molar-refractivity contribution in [2.75, 3.05) is 11.9 Å². The number of carbonyl (C=O) groups is 3. The summed E-state index contributed by atoms with van der Waals surface area (Å²) in [5, 5.41) is 14.0. The first kappa shape index (κ1) is 15.0. The van der Waals surface area contributed by atoms with Crippen LogP contribution in [0.2, 0.25) is 0 Å². The van der Waals surface area contributed by atoms with Crippen LogP contribution in [0.15, 0.2) is 24.3 Å². The molecule has 1 aromatic carbocycles. The van der Waals surface area contributed by atoms with Gasteiger partial charge in [-0.25, -0.2) is 4.79 Å². The van der Waals surface area contributed by atoms with E-state index >= 15 is 0 Å². The molecule has 1 aliphatic carbocycles. The van der Waals surface area contributed by atoms with Crippen LogP contribution < -0.4 is 10.6 Å². The third-order valence-electron chi connectivity index (χ3n) is 4.29. The lowest BCUT2D eigenvalue weighted by Gasteiger charge is -2.20. The second-order valence-electron chi connectivity index (χ2n) is 6.04. The third kappa shape index (κ3) is 2.75. The lowest BCUT2D eigenvalue weighted by atomic mass is 9.96. The molecule has 3 rings (SSSR count). The summed E-state index contributed by atoms with van der Waals surface area (Å²) in [5.41, 5.74) is 0.106. The zero-order chi connectivity index (χ0) is 16.6. The minimum absolute atomic E-state index is 0.158. The lowest BCUT2D eigenvalue weighted by molar-refractivity contribution is -0.134. The number of rotatable bonds is 4. The standard InChI is InChI=1S/C16H16N4O3/c1-16(11-4-5-11)14(22)20(15(23)19-16)9-13(21)18-12-6-2-10(8-17)3-7-12/h2-3,6-7,11H,4-5,9H2,1H3,(H,18,21)(H,19,23). The molecule has 1 atom stereocenters. The van der Waals surface area contributed by atoms with Crippen molar-refractivity contribution in [1.29, 1.82) is 5.26 Å². The molecule has 7 heteroatoms. The van der Waals surface area contributed by atoms with E-state index in [0.29, 0.717) is 11.3 Å². The molecule has 1 saturated carbocycles. The Kier molecular flexibility index (Phi) is 3.52. The largest absolute Gasteiger partial charge is 0.325 e. The van der Waals surface area contributed by atoms with Crippen molar-refractivity contribution < 1.29 is 14.4 Å². The molecule has 2 aliphatic rings. The number of nitrogens with zero attached hydrogens (tertiary/aromatic N) is 2. The van der Waals surface area contributed by atoms with Gasteiger partial charge >= 0.3 is 6.03 Å². The first-order chi connectivity index (χ1) is 10.9. The van der Waals surface area contributed by atoms with Crippen LogP contribution >= 0.6 is 0 Å². The zero-order valence-electron chi connectivity index (χ0n) is 12.6. The highest BCUT2D eigenvalue weighted by Gasteiger charge is 2.56. The molecule has 1 heterocycles. The van der Waals surface area contributed by atoms with Crippen LogP contribution in [0.1, 0.15) is 25.3 Å². The number of carbonyl (C=O) groups excluding carboxylic acids is 3. The Morgan fingerprint density at radius 1 is 1.39 bits per heavy atom. The Hall–Kier alpha value is -2.88. The van der Waals surface area contributed by atoms with Crippen LogP contribution in [0, 0.1) is 17.2 Å². The van der Waals surface area contributed by atoms with Crippen LogP contribution in [0.5, 0.6) is 0 Å². The number of nitrogens with one attached hydrogen (secondary N) is 2. The number of nitriles is 1. The highest BCUT2D eigenvalue weighted by atomic mass is 16.2. The fourth-order valence-corrected chi connectivity index (χ4v) is 2.77.